The van der Waals surface area contributed by atoms with Gasteiger partial charge in [0.1, 0.15) is 6.04 Å². The molecule has 1 aliphatic carbocycles. The van der Waals surface area contributed by atoms with Crippen molar-refractivity contribution in [3.63, 3.8) is 0 Å². The van der Waals surface area contributed by atoms with Gasteiger partial charge in [0.05, 0.1) is 0 Å². The van der Waals surface area contributed by atoms with Crippen LogP contribution in [0.2, 0.25) is 0 Å². The lowest BCUT2D eigenvalue weighted by Crippen LogP contribution is -2.37. The van der Waals surface area contributed by atoms with Gasteiger partial charge in [0, 0.05) is 0 Å². The number of aliphatic carboxylic acids is 1. The molecule has 1 saturated carbocycles. The van der Waals surface area contributed by atoms with E-state index >= 15 is 0 Å². The van der Waals surface area contributed by atoms with Crippen molar-refractivity contribution in [2.75, 3.05) is 6.54 Å². The highest BCUT2D eigenvalue weighted by molar-refractivity contribution is 5.74. The molecule has 0 amide bonds. The quantitative estimate of drug-likeness (QED) is 0.677. The van der Waals surface area contributed by atoms with Gasteiger partial charge in [-0.2, -0.15) is 0 Å². The summed E-state index contributed by atoms with van der Waals surface area (Å²) in [7, 11) is 0. The maximum Gasteiger partial charge on any atom is 0.320 e. The van der Waals surface area contributed by atoms with Crippen LogP contribution < -0.4 is 5.32 Å². The van der Waals surface area contributed by atoms with Crippen LogP contribution in [-0.4, -0.2) is 23.7 Å². The van der Waals surface area contributed by atoms with E-state index in [0.29, 0.717) is 11.8 Å². The van der Waals surface area contributed by atoms with Crippen molar-refractivity contribution in [1.82, 2.24) is 5.32 Å². The van der Waals surface area contributed by atoms with Crippen molar-refractivity contribution < 1.29 is 9.90 Å². The number of hydrogen-bond acceptors (Lipinski definition) is 2. The zero-order valence-electron chi connectivity index (χ0n) is 7.83. The lowest BCUT2D eigenvalue weighted by Gasteiger charge is -2.21. The van der Waals surface area contributed by atoms with Gasteiger partial charge < -0.3 is 10.4 Å². The summed E-state index contributed by atoms with van der Waals surface area (Å²) in [6, 6.07) is -0.261. The van der Waals surface area contributed by atoms with Gasteiger partial charge in [-0.1, -0.05) is 25.7 Å². The lowest BCUT2D eigenvalue weighted by atomic mass is 9.85. The molecule has 2 fully saturated rings. The Bertz CT molecular complexity index is 199. The molecule has 74 valence electrons. The predicted octanol–water partition coefficient (Wildman–Crippen LogP) is 1.24. The average Bonchev–Trinajstić information content (AvgIpc) is 2.74. The number of carbonyl (C=O) groups is 1. The summed E-state index contributed by atoms with van der Waals surface area (Å²) in [5.74, 6) is 0.422. The first-order valence-corrected chi connectivity index (χ1v) is 5.25. The summed E-state index contributed by atoms with van der Waals surface area (Å²) < 4.78 is 0. The Kier molecular flexibility index (Phi) is 2.54. The molecular formula is C10H17NO2. The molecule has 0 aromatic heterocycles. The molecule has 2 rings (SSSR count). The van der Waals surface area contributed by atoms with Gasteiger partial charge in [-0.25, -0.2) is 0 Å². The maximum absolute atomic E-state index is 10.9. The number of carboxylic acid groups (broad SMARTS) is 1. The van der Waals surface area contributed by atoms with Crippen LogP contribution in [-0.2, 0) is 4.79 Å². The van der Waals surface area contributed by atoms with Gasteiger partial charge in [0.15, 0.2) is 0 Å². The third-order valence-electron chi connectivity index (χ3n) is 3.54. The van der Waals surface area contributed by atoms with Crippen LogP contribution in [0.5, 0.6) is 0 Å². The minimum Gasteiger partial charge on any atom is -0.480 e. The van der Waals surface area contributed by atoms with E-state index in [9.17, 15) is 4.79 Å². The Hall–Kier alpha value is -0.570. The van der Waals surface area contributed by atoms with Gasteiger partial charge in [-0.15, -0.1) is 0 Å². The fourth-order valence-corrected chi connectivity index (χ4v) is 2.89. The van der Waals surface area contributed by atoms with E-state index in [4.69, 9.17) is 5.11 Å². The Morgan fingerprint density at radius 2 is 1.92 bits per heavy atom. The maximum atomic E-state index is 10.9. The lowest BCUT2D eigenvalue weighted by molar-refractivity contribution is -0.140. The molecule has 2 unspecified atom stereocenters. The van der Waals surface area contributed by atoms with Crippen molar-refractivity contribution in [2.24, 2.45) is 11.8 Å². The van der Waals surface area contributed by atoms with Crippen molar-refractivity contribution >= 4 is 5.97 Å². The van der Waals surface area contributed by atoms with E-state index in [-0.39, 0.29) is 6.04 Å². The molecule has 0 bridgehead atoms. The van der Waals surface area contributed by atoms with E-state index < -0.39 is 5.97 Å². The molecular weight excluding hydrogens is 166 g/mol. The van der Waals surface area contributed by atoms with Crippen molar-refractivity contribution in [2.45, 2.75) is 38.1 Å². The van der Waals surface area contributed by atoms with Crippen LogP contribution in [0.3, 0.4) is 0 Å². The molecule has 2 atom stereocenters. The van der Waals surface area contributed by atoms with E-state index in [2.05, 4.69) is 5.32 Å². The highest BCUT2D eigenvalue weighted by Gasteiger charge is 2.38. The number of carboxylic acids is 1. The topological polar surface area (TPSA) is 49.3 Å². The molecule has 13 heavy (non-hydrogen) atoms. The third kappa shape index (κ3) is 1.70. The summed E-state index contributed by atoms with van der Waals surface area (Å²) in [5.41, 5.74) is 0. The zero-order chi connectivity index (χ0) is 9.26. The predicted molar refractivity (Wildman–Crippen MR) is 49.5 cm³/mol. The van der Waals surface area contributed by atoms with Gasteiger partial charge in [-0.3, -0.25) is 4.79 Å². The fourth-order valence-electron chi connectivity index (χ4n) is 2.89. The van der Waals surface area contributed by atoms with Crippen LogP contribution in [0.25, 0.3) is 0 Å². The fraction of sp³-hybridized carbons (Fsp3) is 0.900. The standard InChI is InChI=1S/C10H17NO2/c12-10(13)9-8(5-6-11-9)7-3-1-2-4-7/h7-9,11H,1-6H2,(H,12,13). The summed E-state index contributed by atoms with van der Waals surface area (Å²) in [5, 5.41) is 12.1. The SMILES string of the molecule is O=C(O)C1NCCC1C1CCCC1. The van der Waals surface area contributed by atoms with Gasteiger partial charge in [0.2, 0.25) is 0 Å². The molecule has 2 N–H and O–H groups in total. The second-order valence-electron chi connectivity index (χ2n) is 4.27. The molecule has 1 saturated heterocycles. The highest BCUT2D eigenvalue weighted by Crippen LogP contribution is 2.36. The molecule has 1 aliphatic heterocycles. The molecule has 0 aromatic rings. The second-order valence-corrected chi connectivity index (χ2v) is 4.27. The molecule has 3 nitrogen and oxygen atoms in total. The van der Waals surface area contributed by atoms with E-state index in [1.807, 2.05) is 0 Å². The Balaban J connectivity index is 2.00. The highest BCUT2D eigenvalue weighted by atomic mass is 16.4. The largest absolute Gasteiger partial charge is 0.480 e. The Morgan fingerprint density at radius 1 is 1.23 bits per heavy atom. The Morgan fingerprint density at radius 3 is 2.54 bits per heavy atom. The average molecular weight is 183 g/mol. The van der Waals surface area contributed by atoms with Crippen molar-refractivity contribution in [3.8, 4) is 0 Å². The number of hydrogen-bond donors (Lipinski definition) is 2. The first-order valence-electron chi connectivity index (χ1n) is 5.25. The van der Waals surface area contributed by atoms with Crippen LogP contribution in [0.15, 0.2) is 0 Å². The van der Waals surface area contributed by atoms with Crippen LogP contribution in [0.1, 0.15) is 32.1 Å². The summed E-state index contributed by atoms with van der Waals surface area (Å²) >= 11 is 0. The van der Waals surface area contributed by atoms with Gasteiger partial charge in [0.25, 0.3) is 0 Å². The van der Waals surface area contributed by atoms with Gasteiger partial charge in [-0.05, 0) is 24.8 Å². The van der Waals surface area contributed by atoms with E-state index in [1.54, 1.807) is 0 Å². The summed E-state index contributed by atoms with van der Waals surface area (Å²) in [6.45, 7) is 0.887. The summed E-state index contributed by atoms with van der Waals surface area (Å²) in [6.07, 6.45) is 6.15. The molecule has 0 radical (unpaired) electrons. The number of rotatable bonds is 2. The first-order chi connectivity index (χ1) is 6.29. The third-order valence-corrected chi connectivity index (χ3v) is 3.54. The second kappa shape index (κ2) is 3.66. The molecule has 0 aromatic carbocycles. The monoisotopic (exact) mass is 183 g/mol. The minimum atomic E-state index is -0.658. The van der Waals surface area contributed by atoms with Crippen LogP contribution >= 0.6 is 0 Å². The van der Waals surface area contributed by atoms with E-state index in [0.717, 1.165) is 13.0 Å². The molecule has 2 aliphatic rings. The Labute approximate surface area is 78.5 Å². The first kappa shape index (κ1) is 9.00. The van der Waals surface area contributed by atoms with Crippen LogP contribution in [0.4, 0.5) is 0 Å². The molecule has 1 heterocycles. The molecule has 0 spiro atoms. The van der Waals surface area contributed by atoms with E-state index in [1.165, 1.54) is 25.7 Å². The van der Waals surface area contributed by atoms with Crippen molar-refractivity contribution in [3.05, 3.63) is 0 Å². The normalized spacial score (nSPS) is 35.4. The zero-order valence-corrected chi connectivity index (χ0v) is 7.83. The number of nitrogens with one attached hydrogen (secondary N) is 1. The summed E-state index contributed by atoms with van der Waals surface area (Å²) in [4.78, 5) is 10.9. The minimum absolute atomic E-state index is 0.261. The smallest absolute Gasteiger partial charge is 0.320 e. The van der Waals surface area contributed by atoms with Crippen molar-refractivity contribution in [1.29, 1.82) is 0 Å². The van der Waals surface area contributed by atoms with Crippen LogP contribution in [0, 0.1) is 11.8 Å². The molecule has 3 heteroatoms. The van der Waals surface area contributed by atoms with Gasteiger partial charge >= 0.3 is 5.97 Å².